The summed E-state index contributed by atoms with van der Waals surface area (Å²) in [7, 11) is 1.48. The van der Waals surface area contributed by atoms with E-state index in [1.807, 2.05) is 0 Å². The van der Waals surface area contributed by atoms with Crippen LogP contribution in [0, 0.1) is 5.82 Å². The van der Waals surface area contributed by atoms with E-state index in [1.165, 1.54) is 13.2 Å². The average Bonchev–Trinajstić information content (AvgIpc) is 2.48. The van der Waals surface area contributed by atoms with Crippen molar-refractivity contribution >= 4 is 16.6 Å². The van der Waals surface area contributed by atoms with E-state index in [2.05, 4.69) is 15.2 Å². The smallest absolute Gasteiger partial charge is 0.155 e. The largest absolute Gasteiger partial charge is 0.497 e. The van der Waals surface area contributed by atoms with Crippen LogP contribution in [0.1, 0.15) is 0 Å². The fourth-order valence-corrected chi connectivity index (χ4v) is 2.03. The van der Waals surface area contributed by atoms with Crippen LogP contribution in [0.15, 0.2) is 36.7 Å². The molecule has 2 N–H and O–H groups in total. The quantitative estimate of drug-likeness (QED) is 0.774. The summed E-state index contributed by atoms with van der Waals surface area (Å²) in [6.07, 6.45) is 3.19. The molecule has 0 aliphatic rings. The molecule has 0 fully saturated rings. The number of fused-ring (bicyclic) bond motifs is 1. The zero-order chi connectivity index (χ0) is 14.1. The molecule has 20 heavy (non-hydrogen) atoms. The van der Waals surface area contributed by atoms with Crippen molar-refractivity contribution < 1.29 is 9.13 Å². The monoisotopic (exact) mass is 270 g/mol. The van der Waals surface area contributed by atoms with Crippen molar-refractivity contribution in [1.29, 1.82) is 0 Å². The van der Waals surface area contributed by atoms with Crippen molar-refractivity contribution in [3.63, 3.8) is 0 Å². The Morgan fingerprint density at radius 3 is 2.75 bits per heavy atom. The van der Waals surface area contributed by atoms with Gasteiger partial charge in [0, 0.05) is 34.8 Å². The molecule has 2 heterocycles. The Bertz CT molecular complexity index is 791. The van der Waals surface area contributed by atoms with E-state index in [-0.39, 0.29) is 5.82 Å². The van der Waals surface area contributed by atoms with Crippen LogP contribution in [0.4, 0.5) is 10.2 Å². The molecule has 0 bridgehead atoms. The topological polar surface area (TPSA) is 73.9 Å². The van der Waals surface area contributed by atoms with Crippen LogP contribution in [-0.4, -0.2) is 22.3 Å². The normalized spacial score (nSPS) is 10.7. The Balaban J connectivity index is 2.27. The predicted molar refractivity (Wildman–Crippen MR) is 73.7 cm³/mol. The predicted octanol–water partition coefficient (Wildman–Crippen LogP) is 2.42. The Morgan fingerprint density at radius 2 is 2.00 bits per heavy atom. The van der Waals surface area contributed by atoms with Crippen LogP contribution >= 0.6 is 0 Å². The summed E-state index contributed by atoms with van der Waals surface area (Å²) in [5.74, 6) is 0.285. The molecule has 3 rings (SSSR count). The highest BCUT2D eigenvalue weighted by molar-refractivity contribution is 5.98. The van der Waals surface area contributed by atoms with Gasteiger partial charge < -0.3 is 10.5 Å². The van der Waals surface area contributed by atoms with Gasteiger partial charge in [-0.25, -0.2) is 4.39 Å². The first-order valence-electron chi connectivity index (χ1n) is 5.90. The molecule has 0 saturated heterocycles. The molecule has 0 spiro atoms. The molecular formula is C14H11FN4O. The molecule has 0 unspecified atom stereocenters. The van der Waals surface area contributed by atoms with Gasteiger partial charge in [0.2, 0.25) is 0 Å². The van der Waals surface area contributed by atoms with Crippen LogP contribution in [0.5, 0.6) is 5.75 Å². The van der Waals surface area contributed by atoms with Gasteiger partial charge in [-0.15, -0.1) is 10.2 Å². The summed E-state index contributed by atoms with van der Waals surface area (Å²) in [4.78, 5) is 4.00. The molecule has 0 amide bonds. The summed E-state index contributed by atoms with van der Waals surface area (Å²) < 4.78 is 19.1. The third kappa shape index (κ3) is 1.91. The first-order chi connectivity index (χ1) is 9.70. The summed E-state index contributed by atoms with van der Waals surface area (Å²) >= 11 is 0. The number of aromatic nitrogens is 3. The second kappa shape index (κ2) is 4.73. The van der Waals surface area contributed by atoms with Crippen molar-refractivity contribution in [2.24, 2.45) is 0 Å². The van der Waals surface area contributed by atoms with E-state index in [4.69, 9.17) is 10.5 Å². The molecule has 6 heteroatoms. The summed E-state index contributed by atoms with van der Waals surface area (Å²) in [5, 5.41) is 9.22. The number of benzene rings is 1. The van der Waals surface area contributed by atoms with Crippen molar-refractivity contribution in [2.45, 2.75) is 0 Å². The first-order valence-corrected chi connectivity index (χ1v) is 5.90. The lowest BCUT2D eigenvalue weighted by Gasteiger charge is -2.08. The standard InChI is InChI=1S/C14H11FN4O/c1-20-8-2-3-10(12(15)6-8)13-9-4-5-17-7-11(9)14(16)19-18-13/h2-7H,1H3,(H2,16,19). The third-order valence-electron chi connectivity index (χ3n) is 3.04. The fraction of sp³-hybridized carbons (Fsp3) is 0.0714. The molecule has 1 aromatic carbocycles. The van der Waals surface area contributed by atoms with Crippen molar-refractivity contribution in [1.82, 2.24) is 15.2 Å². The van der Waals surface area contributed by atoms with Crippen LogP contribution in [0.2, 0.25) is 0 Å². The van der Waals surface area contributed by atoms with E-state index in [0.717, 1.165) is 0 Å². The highest BCUT2D eigenvalue weighted by atomic mass is 19.1. The number of pyridine rings is 1. The highest BCUT2D eigenvalue weighted by Gasteiger charge is 2.13. The Morgan fingerprint density at radius 1 is 1.15 bits per heavy atom. The molecule has 0 aliphatic carbocycles. The van der Waals surface area contributed by atoms with Crippen LogP contribution in [-0.2, 0) is 0 Å². The van der Waals surface area contributed by atoms with Crippen LogP contribution < -0.4 is 10.5 Å². The Hall–Kier alpha value is -2.76. The number of ether oxygens (including phenoxy) is 1. The molecule has 0 atom stereocenters. The number of hydrogen-bond donors (Lipinski definition) is 1. The lowest BCUT2D eigenvalue weighted by molar-refractivity contribution is 0.411. The number of methoxy groups -OCH3 is 1. The SMILES string of the molecule is COc1ccc(-c2nnc(N)c3cnccc23)c(F)c1. The van der Waals surface area contributed by atoms with E-state index in [9.17, 15) is 4.39 Å². The van der Waals surface area contributed by atoms with Gasteiger partial charge in [0.15, 0.2) is 5.82 Å². The minimum absolute atomic E-state index is 0.269. The highest BCUT2D eigenvalue weighted by Crippen LogP contribution is 2.31. The Labute approximate surface area is 114 Å². The van der Waals surface area contributed by atoms with Crippen LogP contribution in [0.3, 0.4) is 0 Å². The number of rotatable bonds is 2. The van der Waals surface area contributed by atoms with Gasteiger partial charge in [-0.1, -0.05) is 0 Å². The minimum atomic E-state index is -0.429. The zero-order valence-corrected chi connectivity index (χ0v) is 10.7. The van der Waals surface area contributed by atoms with Crippen molar-refractivity contribution in [3.8, 4) is 17.0 Å². The van der Waals surface area contributed by atoms with Gasteiger partial charge in [0.1, 0.15) is 17.3 Å². The number of anilines is 1. The molecular weight excluding hydrogens is 259 g/mol. The maximum atomic E-state index is 14.2. The molecule has 5 nitrogen and oxygen atoms in total. The summed E-state index contributed by atoms with van der Waals surface area (Å²) in [6.45, 7) is 0. The number of nitrogen functional groups attached to an aromatic ring is 1. The maximum absolute atomic E-state index is 14.2. The maximum Gasteiger partial charge on any atom is 0.155 e. The second-order valence-corrected chi connectivity index (χ2v) is 4.20. The van der Waals surface area contributed by atoms with E-state index in [0.29, 0.717) is 27.8 Å². The van der Waals surface area contributed by atoms with Gasteiger partial charge in [-0.2, -0.15) is 0 Å². The molecule has 2 aromatic heterocycles. The molecule has 0 saturated carbocycles. The average molecular weight is 270 g/mol. The molecule has 0 radical (unpaired) electrons. The van der Waals surface area contributed by atoms with Crippen molar-refractivity contribution in [3.05, 3.63) is 42.5 Å². The summed E-state index contributed by atoms with van der Waals surface area (Å²) in [5.41, 5.74) is 6.53. The van der Waals surface area contributed by atoms with Gasteiger partial charge in [-0.05, 0) is 18.2 Å². The fourth-order valence-electron chi connectivity index (χ4n) is 2.03. The number of nitrogens with two attached hydrogens (primary N) is 1. The molecule has 0 aliphatic heterocycles. The zero-order valence-electron chi connectivity index (χ0n) is 10.7. The first kappa shape index (κ1) is 12.3. The minimum Gasteiger partial charge on any atom is -0.497 e. The number of halogens is 1. The Kier molecular flexibility index (Phi) is 2.90. The lowest BCUT2D eigenvalue weighted by atomic mass is 10.1. The van der Waals surface area contributed by atoms with E-state index in [1.54, 1.807) is 30.6 Å². The lowest BCUT2D eigenvalue weighted by Crippen LogP contribution is -1.99. The van der Waals surface area contributed by atoms with Crippen LogP contribution in [0.25, 0.3) is 22.0 Å². The van der Waals surface area contributed by atoms with E-state index < -0.39 is 5.82 Å². The number of hydrogen-bond acceptors (Lipinski definition) is 5. The third-order valence-corrected chi connectivity index (χ3v) is 3.04. The summed E-state index contributed by atoms with van der Waals surface area (Å²) in [6, 6.07) is 6.32. The van der Waals surface area contributed by atoms with Gasteiger partial charge >= 0.3 is 0 Å². The second-order valence-electron chi connectivity index (χ2n) is 4.20. The number of nitrogens with zero attached hydrogens (tertiary/aromatic N) is 3. The van der Waals surface area contributed by atoms with E-state index >= 15 is 0 Å². The van der Waals surface area contributed by atoms with Crippen molar-refractivity contribution in [2.75, 3.05) is 12.8 Å². The van der Waals surface area contributed by atoms with Gasteiger partial charge in [0.25, 0.3) is 0 Å². The van der Waals surface area contributed by atoms with Gasteiger partial charge in [0.05, 0.1) is 7.11 Å². The molecule has 3 aromatic rings. The molecule has 100 valence electrons. The van der Waals surface area contributed by atoms with Gasteiger partial charge in [-0.3, -0.25) is 4.98 Å².